The Balaban J connectivity index is 0.00000289. The molecule has 1 unspecified atom stereocenters. The fourth-order valence-electron chi connectivity index (χ4n) is 3.41. The minimum Gasteiger partial charge on any atom is -0.357 e. The molecule has 0 radical (unpaired) electrons. The third-order valence-corrected chi connectivity index (χ3v) is 5.23. The van der Waals surface area contributed by atoms with Crippen molar-refractivity contribution in [2.75, 3.05) is 6.54 Å². The van der Waals surface area contributed by atoms with Gasteiger partial charge in [-0.25, -0.2) is 14.7 Å². The summed E-state index contributed by atoms with van der Waals surface area (Å²) < 4.78 is 7.37. The van der Waals surface area contributed by atoms with Crippen molar-refractivity contribution in [3.8, 4) is 11.4 Å². The SMILES string of the molecule is CCNC(=NCc1nc(-c2cccc(Cl)c2)no1)NC1CCc2nc(C(C)C)nn2C1.I. The van der Waals surface area contributed by atoms with Crippen molar-refractivity contribution in [1.82, 2.24) is 35.5 Å². The van der Waals surface area contributed by atoms with Crippen LogP contribution in [0.25, 0.3) is 11.4 Å². The lowest BCUT2D eigenvalue weighted by atomic mass is 10.1. The van der Waals surface area contributed by atoms with E-state index in [9.17, 15) is 0 Å². The Kier molecular flexibility index (Phi) is 8.46. The molecule has 1 aliphatic heterocycles. The van der Waals surface area contributed by atoms with Crippen LogP contribution in [0.15, 0.2) is 33.8 Å². The van der Waals surface area contributed by atoms with Crippen molar-refractivity contribution in [1.29, 1.82) is 0 Å². The largest absolute Gasteiger partial charge is 0.357 e. The molecule has 0 spiro atoms. The van der Waals surface area contributed by atoms with Crippen LogP contribution in [0, 0.1) is 0 Å². The Bertz CT molecular complexity index is 1060. The monoisotopic (exact) mass is 570 g/mol. The quantitative estimate of drug-likeness (QED) is 0.264. The van der Waals surface area contributed by atoms with Crippen molar-refractivity contribution in [3.05, 3.63) is 46.8 Å². The summed E-state index contributed by atoms with van der Waals surface area (Å²) in [6, 6.07) is 7.57. The van der Waals surface area contributed by atoms with Crippen molar-refractivity contribution in [2.45, 2.75) is 58.7 Å². The predicted molar refractivity (Wildman–Crippen MR) is 134 cm³/mol. The average Bonchev–Trinajstić information content (AvgIpc) is 3.39. The summed E-state index contributed by atoms with van der Waals surface area (Å²) in [5.74, 6) is 3.94. The van der Waals surface area contributed by atoms with Crippen LogP contribution in [0.1, 0.15) is 50.6 Å². The van der Waals surface area contributed by atoms with Crippen LogP contribution >= 0.6 is 35.6 Å². The van der Waals surface area contributed by atoms with Crippen molar-refractivity contribution < 1.29 is 4.52 Å². The second-order valence-corrected chi connectivity index (χ2v) is 8.26. The fourth-order valence-corrected chi connectivity index (χ4v) is 3.60. The number of fused-ring (bicyclic) bond motifs is 1. The number of aromatic nitrogens is 5. The summed E-state index contributed by atoms with van der Waals surface area (Å²) in [7, 11) is 0. The minimum absolute atomic E-state index is 0. The number of halogens is 2. The fraction of sp³-hybridized carbons (Fsp3) is 0.476. The molecular formula is C21H28ClIN8O. The summed E-state index contributed by atoms with van der Waals surface area (Å²) in [4.78, 5) is 13.7. The zero-order valence-corrected chi connectivity index (χ0v) is 21.5. The first-order chi connectivity index (χ1) is 15.0. The van der Waals surface area contributed by atoms with Gasteiger partial charge in [0.05, 0.1) is 6.54 Å². The molecule has 3 heterocycles. The molecule has 1 atom stereocenters. The van der Waals surface area contributed by atoms with Gasteiger partial charge in [0.25, 0.3) is 0 Å². The van der Waals surface area contributed by atoms with Gasteiger partial charge in [0.15, 0.2) is 11.8 Å². The van der Waals surface area contributed by atoms with Gasteiger partial charge in [-0.1, -0.05) is 42.7 Å². The van der Waals surface area contributed by atoms with E-state index in [1.165, 1.54) is 0 Å². The van der Waals surface area contributed by atoms with Gasteiger partial charge < -0.3 is 15.2 Å². The number of rotatable bonds is 6. The Hall–Kier alpha value is -2.21. The first kappa shape index (κ1) is 24.4. The standard InChI is InChI=1S/C21H27ClN8O.HI/c1-4-23-21(25-16-8-9-17-26-19(13(2)3)28-30(17)12-16)24-11-18-27-20(29-31-18)14-6-5-7-15(22)10-14;/h5-7,10,13,16H,4,8-9,11-12H2,1-3H3,(H2,23,24,25);1H. The van der Waals surface area contributed by atoms with Crippen LogP contribution in [0.5, 0.6) is 0 Å². The molecule has 11 heteroatoms. The maximum absolute atomic E-state index is 6.05. The van der Waals surface area contributed by atoms with Gasteiger partial charge in [-0.3, -0.25) is 0 Å². The molecule has 1 aliphatic rings. The topological polar surface area (TPSA) is 106 Å². The van der Waals surface area contributed by atoms with Crippen molar-refractivity contribution in [3.63, 3.8) is 0 Å². The molecule has 32 heavy (non-hydrogen) atoms. The number of nitrogens with zero attached hydrogens (tertiary/aromatic N) is 6. The maximum Gasteiger partial charge on any atom is 0.248 e. The lowest BCUT2D eigenvalue weighted by molar-refractivity contribution is 0.378. The van der Waals surface area contributed by atoms with Gasteiger partial charge in [0.2, 0.25) is 11.7 Å². The lowest BCUT2D eigenvalue weighted by Crippen LogP contribution is -2.47. The van der Waals surface area contributed by atoms with Gasteiger partial charge in [0, 0.05) is 35.5 Å². The molecule has 2 N–H and O–H groups in total. The first-order valence-electron chi connectivity index (χ1n) is 10.6. The molecule has 9 nitrogen and oxygen atoms in total. The summed E-state index contributed by atoms with van der Waals surface area (Å²) in [5.41, 5.74) is 0.808. The number of aryl methyl sites for hydroxylation is 1. The third-order valence-electron chi connectivity index (χ3n) is 5.00. The molecule has 0 amide bonds. The Morgan fingerprint density at radius 2 is 2.19 bits per heavy atom. The van der Waals surface area contributed by atoms with E-state index in [1.54, 1.807) is 6.07 Å². The molecule has 172 valence electrons. The van der Waals surface area contributed by atoms with Crippen LogP contribution in [0.4, 0.5) is 0 Å². The zero-order chi connectivity index (χ0) is 21.8. The number of benzene rings is 1. The molecule has 3 aromatic rings. The second kappa shape index (κ2) is 11.1. The lowest BCUT2D eigenvalue weighted by Gasteiger charge is -2.25. The number of hydrogen-bond acceptors (Lipinski definition) is 6. The number of hydrogen-bond donors (Lipinski definition) is 2. The summed E-state index contributed by atoms with van der Waals surface area (Å²) in [6.07, 6.45) is 1.86. The first-order valence-corrected chi connectivity index (χ1v) is 11.0. The zero-order valence-electron chi connectivity index (χ0n) is 18.4. The van der Waals surface area contributed by atoms with Gasteiger partial charge >= 0.3 is 0 Å². The van der Waals surface area contributed by atoms with Gasteiger partial charge in [-0.05, 0) is 25.5 Å². The van der Waals surface area contributed by atoms with Crippen LogP contribution in [0.2, 0.25) is 5.02 Å². The van der Waals surface area contributed by atoms with E-state index in [2.05, 4.69) is 49.7 Å². The average molecular weight is 571 g/mol. The van der Waals surface area contributed by atoms with Crippen molar-refractivity contribution in [2.24, 2.45) is 4.99 Å². The van der Waals surface area contributed by atoms with E-state index in [-0.39, 0.29) is 36.6 Å². The van der Waals surface area contributed by atoms with E-state index < -0.39 is 0 Å². The van der Waals surface area contributed by atoms with E-state index in [0.29, 0.717) is 28.6 Å². The molecule has 0 fully saturated rings. The van der Waals surface area contributed by atoms with Gasteiger partial charge in [-0.15, -0.1) is 24.0 Å². The van der Waals surface area contributed by atoms with Gasteiger partial charge in [-0.2, -0.15) is 10.1 Å². The highest BCUT2D eigenvalue weighted by Crippen LogP contribution is 2.20. The summed E-state index contributed by atoms with van der Waals surface area (Å²) in [5, 5.41) is 16.1. The Labute approximate surface area is 209 Å². The molecule has 4 rings (SSSR count). The third kappa shape index (κ3) is 5.97. The van der Waals surface area contributed by atoms with Crippen molar-refractivity contribution >= 4 is 41.5 Å². The highest BCUT2D eigenvalue weighted by Gasteiger charge is 2.23. The molecule has 0 aliphatic carbocycles. The maximum atomic E-state index is 6.05. The highest BCUT2D eigenvalue weighted by molar-refractivity contribution is 14.0. The van der Waals surface area contributed by atoms with E-state index >= 15 is 0 Å². The molecule has 1 aromatic carbocycles. The van der Waals surface area contributed by atoms with E-state index in [1.807, 2.05) is 29.8 Å². The van der Waals surface area contributed by atoms with E-state index in [0.717, 1.165) is 43.1 Å². The number of nitrogens with one attached hydrogen (secondary N) is 2. The Morgan fingerprint density at radius 3 is 2.94 bits per heavy atom. The molecule has 0 saturated carbocycles. The van der Waals surface area contributed by atoms with Crippen LogP contribution in [-0.4, -0.2) is 43.5 Å². The van der Waals surface area contributed by atoms with E-state index in [4.69, 9.17) is 16.1 Å². The minimum atomic E-state index is 0. The van der Waals surface area contributed by atoms with Crippen LogP contribution in [0.3, 0.4) is 0 Å². The second-order valence-electron chi connectivity index (χ2n) is 7.82. The molecule has 0 saturated heterocycles. The molecule has 0 bridgehead atoms. The predicted octanol–water partition coefficient (Wildman–Crippen LogP) is 3.79. The van der Waals surface area contributed by atoms with Gasteiger partial charge in [0.1, 0.15) is 12.4 Å². The Morgan fingerprint density at radius 1 is 1.34 bits per heavy atom. The number of aliphatic imine (C=N–C) groups is 1. The van der Waals surface area contributed by atoms with Crippen LogP contribution < -0.4 is 10.6 Å². The molecular weight excluding hydrogens is 543 g/mol. The number of guanidine groups is 1. The summed E-state index contributed by atoms with van der Waals surface area (Å²) >= 11 is 6.05. The molecule has 2 aromatic heterocycles. The normalized spacial score (nSPS) is 15.9. The van der Waals surface area contributed by atoms with Crippen LogP contribution in [-0.2, 0) is 19.5 Å². The smallest absolute Gasteiger partial charge is 0.248 e. The highest BCUT2D eigenvalue weighted by atomic mass is 127. The summed E-state index contributed by atoms with van der Waals surface area (Å²) in [6.45, 7) is 8.06.